The lowest BCUT2D eigenvalue weighted by molar-refractivity contribution is -0.114. The van der Waals surface area contributed by atoms with E-state index in [-0.39, 0.29) is 11.8 Å². The first-order chi connectivity index (χ1) is 13.6. The van der Waals surface area contributed by atoms with Crippen molar-refractivity contribution in [2.24, 2.45) is 0 Å². The van der Waals surface area contributed by atoms with Crippen molar-refractivity contribution in [1.29, 1.82) is 0 Å². The van der Waals surface area contributed by atoms with Gasteiger partial charge in [0.05, 0.1) is 0 Å². The van der Waals surface area contributed by atoms with Crippen LogP contribution in [0.1, 0.15) is 29.5 Å². The van der Waals surface area contributed by atoms with Gasteiger partial charge in [-0.3, -0.25) is 4.79 Å². The molecule has 3 nitrogen and oxygen atoms in total. The second-order valence-corrected chi connectivity index (χ2v) is 6.77. The van der Waals surface area contributed by atoms with Crippen molar-refractivity contribution in [3.05, 3.63) is 108 Å². The van der Waals surface area contributed by atoms with Gasteiger partial charge in [0.15, 0.2) is 0 Å². The molecule has 1 amide bonds. The van der Waals surface area contributed by atoms with E-state index < -0.39 is 0 Å². The summed E-state index contributed by atoms with van der Waals surface area (Å²) in [4.78, 5) is 11.1. The molecule has 0 fully saturated rings. The van der Waals surface area contributed by atoms with Crippen LogP contribution >= 0.6 is 0 Å². The van der Waals surface area contributed by atoms with Gasteiger partial charge in [0.25, 0.3) is 0 Å². The first kappa shape index (κ1) is 19.4. The number of rotatable bonds is 8. The summed E-state index contributed by atoms with van der Waals surface area (Å²) in [7, 11) is 0. The van der Waals surface area contributed by atoms with Crippen molar-refractivity contribution < 1.29 is 9.53 Å². The highest BCUT2D eigenvalue weighted by atomic mass is 16.5. The normalized spacial score (nSPS) is 11.5. The molecule has 142 valence electrons. The number of carbonyl (C=O) groups excluding carboxylic acids is 1. The Hall–Kier alpha value is -3.33. The van der Waals surface area contributed by atoms with Crippen molar-refractivity contribution >= 4 is 11.6 Å². The van der Waals surface area contributed by atoms with Crippen LogP contribution < -0.4 is 10.1 Å². The number of nitrogens with one attached hydrogen (secondary N) is 1. The highest BCUT2D eigenvalue weighted by molar-refractivity contribution is 5.88. The van der Waals surface area contributed by atoms with Crippen LogP contribution in [0.4, 0.5) is 5.69 Å². The van der Waals surface area contributed by atoms with Crippen LogP contribution in [-0.4, -0.2) is 5.91 Å². The molecule has 0 saturated heterocycles. The van der Waals surface area contributed by atoms with Crippen molar-refractivity contribution in [3.63, 3.8) is 0 Å². The summed E-state index contributed by atoms with van der Waals surface area (Å²) in [5.41, 5.74) is 4.36. The van der Waals surface area contributed by atoms with Crippen LogP contribution in [0.5, 0.6) is 5.75 Å². The number of amides is 1. The molecule has 0 radical (unpaired) electrons. The fourth-order valence-corrected chi connectivity index (χ4v) is 3.07. The van der Waals surface area contributed by atoms with Gasteiger partial charge in [0, 0.05) is 18.5 Å². The van der Waals surface area contributed by atoms with Crippen LogP contribution in [0, 0.1) is 0 Å². The van der Waals surface area contributed by atoms with E-state index in [4.69, 9.17) is 4.74 Å². The average Bonchev–Trinajstić information content (AvgIpc) is 2.72. The Balaban J connectivity index is 1.60. The summed E-state index contributed by atoms with van der Waals surface area (Å²) >= 11 is 0. The van der Waals surface area contributed by atoms with E-state index in [2.05, 4.69) is 36.2 Å². The molecule has 0 aromatic heterocycles. The minimum absolute atomic E-state index is 0.0670. The standard InChI is InChI=1S/C25H25NO2/c1-3-22(23-11-13-24(14-12-23)26-19(2)27)17-20-9-15-25(16-10-20)28-18-21-7-5-4-6-8-21/h3-16,22H,1,17-18H2,2H3,(H,26,27)/t22-/m0/s1. The molecule has 3 heteroatoms. The third-order valence-electron chi connectivity index (χ3n) is 4.57. The van der Waals surface area contributed by atoms with Gasteiger partial charge >= 0.3 is 0 Å². The average molecular weight is 371 g/mol. The van der Waals surface area contributed by atoms with Gasteiger partial charge in [-0.25, -0.2) is 0 Å². The Morgan fingerprint density at radius 1 is 0.964 bits per heavy atom. The Morgan fingerprint density at radius 2 is 1.64 bits per heavy atom. The van der Waals surface area contributed by atoms with E-state index in [1.807, 2.05) is 60.7 Å². The molecule has 0 spiro atoms. The molecule has 0 unspecified atom stereocenters. The van der Waals surface area contributed by atoms with Crippen LogP contribution in [0.2, 0.25) is 0 Å². The van der Waals surface area contributed by atoms with E-state index in [9.17, 15) is 4.79 Å². The number of anilines is 1. The smallest absolute Gasteiger partial charge is 0.221 e. The summed E-state index contributed by atoms with van der Waals surface area (Å²) in [6, 6.07) is 26.3. The Labute approximate surface area is 166 Å². The summed E-state index contributed by atoms with van der Waals surface area (Å²) in [6.07, 6.45) is 2.83. The monoisotopic (exact) mass is 371 g/mol. The maximum Gasteiger partial charge on any atom is 0.221 e. The molecule has 0 heterocycles. The molecule has 1 N–H and O–H groups in total. The van der Waals surface area contributed by atoms with Gasteiger partial charge in [-0.1, -0.05) is 60.7 Å². The number of hydrogen-bond donors (Lipinski definition) is 1. The Bertz CT molecular complexity index is 900. The van der Waals surface area contributed by atoms with E-state index in [0.29, 0.717) is 6.61 Å². The fraction of sp³-hybridized carbons (Fsp3) is 0.160. The van der Waals surface area contributed by atoms with Gasteiger partial charge in [-0.05, 0) is 47.4 Å². The lowest BCUT2D eigenvalue weighted by atomic mass is 9.92. The zero-order chi connectivity index (χ0) is 19.8. The van der Waals surface area contributed by atoms with Gasteiger partial charge in [-0.2, -0.15) is 0 Å². The summed E-state index contributed by atoms with van der Waals surface area (Å²) < 4.78 is 5.85. The van der Waals surface area contributed by atoms with E-state index in [1.165, 1.54) is 18.1 Å². The molecule has 0 aliphatic rings. The quantitative estimate of drug-likeness (QED) is 0.513. The van der Waals surface area contributed by atoms with Crippen LogP contribution in [0.25, 0.3) is 0 Å². The third-order valence-corrected chi connectivity index (χ3v) is 4.57. The van der Waals surface area contributed by atoms with E-state index in [0.717, 1.165) is 23.4 Å². The maximum atomic E-state index is 11.1. The molecule has 0 bridgehead atoms. The molecular formula is C25H25NO2. The zero-order valence-corrected chi connectivity index (χ0v) is 16.1. The molecule has 3 aromatic carbocycles. The molecule has 0 aliphatic carbocycles. The SMILES string of the molecule is C=C[C@@H](Cc1ccc(OCc2ccccc2)cc1)c1ccc(NC(C)=O)cc1. The third kappa shape index (κ3) is 5.58. The molecule has 3 rings (SSSR count). The highest BCUT2D eigenvalue weighted by Gasteiger charge is 2.09. The first-order valence-electron chi connectivity index (χ1n) is 9.40. The second-order valence-electron chi connectivity index (χ2n) is 6.77. The molecule has 0 aliphatic heterocycles. The summed E-state index contributed by atoms with van der Waals surface area (Å²) in [5, 5.41) is 2.79. The summed E-state index contributed by atoms with van der Waals surface area (Å²) in [6.45, 7) is 6.06. The van der Waals surface area contributed by atoms with E-state index in [1.54, 1.807) is 0 Å². The van der Waals surface area contributed by atoms with Crippen LogP contribution in [0.15, 0.2) is 91.5 Å². The number of ether oxygens (including phenoxy) is 1. The minimum Gasteiger partial charge on any atom is -0.489 e. The topological polar surface area (TPSA) is 38.3 Å². The number of hydrogen-bond acceptors (Lipinski definition) is 2. The van der Waals surface area contributed by atoms with Crippen molar-refractivity contribution in [1.82, 2.24) is 0 Å². The van der Waals surface area contributed by atoms with Gasteiger partial charge < -0.3 is 10.1 Å². The van der Waals surface area contributed by atoms with Gasteiger partial charge in [0.2, 0.25) is 5.91 Å². The molecular weight excluding hydrogens is 346 g/mol. The number of allylic oxidation sites excluding steroid dienone is 1. The van der Waals surface area contributed by atoms with Crippen molar-refractivity contribution in [2.75, 3.05) is 5.32 Å². The molecule has 0 saturated carbocycles. The lowest BCUT2D eigenvalue weighted by Gasteiger charge is -2.14. The van der Waals surface area contributed by atoms with Crippen LogP contribution in [-0.2, 0) is 17.8 Å². The van der Waals surface area contributed by atoms with Gasteiger partial charge in [-0.15, -0.1) is 6.58 Å². The highest BCUT2D eigenvalue weighted by Crippen LogP contribution is 2.25. The lowest BCUT2D eigenvalue weighted by Crippen LogP contribution is -2.06. The minimum atomic E-state index is -0.0670. The predicted molar refractivity (Wildman–Crippen MR) is 115 cm³/mol. The second kappa shape index (κ2) is 9.56. The van der Waals surface area contributed by atoms with Crippen molar-refractivity contribution in [2.45, 2.75) is 25.9 Å². The molecule has 28 heavy (non-hydrogen) atoms. The zero-order valence-electron chi connectivity index (χ0n) is 16.1. The number of benzene rings is 3. The van der Waals surface area contributed by atoms with Crippen molar-refractivity contribution in [3.8, 4) is 5.75 Å². The Morgan fingerprint density at radius 3 is 2.25 bits per heavy atom. The largest absolute Gasteiger partial charge is 0.489 e. The summed E-state index contributed by atoms with van der Waals surface area (Å²) in [5.74, 6) is 1.01. The van der Waals surface area contributed by atoms with Gasteiger partial charge in [0.1, 0.15) is 12.4 Å². The predicted octanol–water partition coefficient (Wildman–Crippen LogP) is 5.74. The Kier molecular flexibility index (Phi) is 6.64. The molecule has 3 aromatic rings. The first-order valence-corrected chi connectivity index (χ1v) is 9.40. The molecule has 1 atom stereocenters. The van der Waals surface area contributed by atoms with E-state index >= 15 is 0 Å². The number of carbonyl (C=O) groups is 1. The fourth-order valence-electron chi connectivity index (χ4n) is 3.07. The van der Waals surface area contributed by atoms with Crippen LogP contribution in [0.3, 0.4) is 0 Å². The maximum absolute atomic E-state index is 11.1.